The van der Waals surface area contributed by atoms with Gasteiger partial charge >= 0.3 is 0 Å². The predicted molar refractivity (Wildman–Crippen MR) is 54.2 cm³/mol. The Morgan fingerprint density at radius 1 is 1.42 bits per heavy atom. The van der Waals surface area contributed by atoms with Gasteiger partial charge in [0.15, 0.2) is 0 Å². The number of carbonyl (C=O) groups is 1. The van der Waals surface area contributed by atoms with E-state index in [9.17, 15) is 9.90 Å². The molecule has 0 aromatic heterocycles. The van der Waals surface area contributed by atoms with Gasteiger partial charge in [0.25, 0.3) is 0 Å². The number of aldehydes is 1. The van der Waals surface area contributed by atoms with Crippen LogP contribution in [0, 0.1) is 0 Å². The van der Waals surface area contributed by atoms with E-state index in [1.165, 1.54) is 12.1 Å². The van der Waals surface area contributed by atoms with E-state index in [1.54, 1.807) is 6.07 Å². The fourth-order valence-electron chi connectivity index (χ4n) is 0.853. The van der Waals surface area contributed by atoms with Gasteiger partial charge in [-0.25, -0.2) is 0 Å². The Kier molecular flexibility index (Phi) is 3.05. The maximum absolute atomic E-state index is 10.4. The van der Waals surface area contributed by atoms with Crippen molar-refractivity contribution >= 4 is 31.5 Å². The molecule has 1 rings (SSSR count). The Morgan fingerprint density at radius 2 is 2.08 bits per heavy atom. The largest absolute Gasteiger partial charge is 0.508 e. The monoisotopic (exact) mass is 200 g/mol. The van der Waals surface area contributed by atoms with Gasteiger partial charge in [-0.15, -0.1) is 0 Å². The molecule has 1 aromatic carbocycles. The van der Waals surface area contributed by atoms with Crippen LogP contribution in [-0.4, -0.2) is 11.4 Å². The third-order valence-electron chi connectivity index (χ3n) is 1.47. The number of hydrogen-bond donors (Lipinski definition) is 3. The van der Waals surface area contributed by atoms with Crippen molar-refractivity contribution in [2.45, 2.75) is 4.58 Å². The van der Waals surface area contributed by atoms with Gasteiger partial charge in [0.1, 0.15) is 12.0 Å². The molecule has 1 aromatic rings. The zero-order valence-electron chi connectivity index (χ0n) is 6.14. The number of aromatic hydroxyl groups is 1. The van der Waals surface area contributed by atoms with Gasteiger partial charge in [-0.1, -0.05) is 0 Å². The summed E-state index contributed by atoms with van der Waals surface area (Å²) >= 11 is 8.06. The molecular weight excluding hydrogens is 192 g/mol. The Balaban J connectivity index is 3.16. The number of hydrogen-bond acceptors (Lipinski definition) is 4. The highest BCUT2D eigenvalue weighted by molar-refractivity contribution is 7.98. The summed E-state index contributed by atoms with van der Waals surface area (Å²) < 4.78 is -0.370. The molecule has 0 aliphatic carbocycles. The highest BCUT2D eigenvalue weighted by Crippen LogP contribution is 2.31. The van der Waals surface area contributed by atoms with Crippen molar-refractivity contribution in [1.29, 1.82) is 0 Å². The number of carbonyl (C=O) groups excluding carboxylic acids is 1. The smallest absolute Gasteiger partial charge is 0.150 e. The van der Waals surface area contributed by atoms with E-state index >= 15 is 0 Å². The molecule has 0 saturated carbocycles. The van der Waals surface area contributed by atoms with E-state index in [0.717, 1.165) is 0 Å². The lowest BCUT2D eigenvalue weighted by Gasteiger charge is -2.06. The van der Waals surface area contributed by atoms with Crippen molar-refractivity contribution in [2.75, 3.05) is 0 Å². The number of thiol groups is 2. The maximum Gasteiger partial charge on any atom is 0.150 e. The Bertz CT molecular complexity index is 297. The van der Waals surface area contributed by atoms with Crippen LogP contribution in [0.15, 0.2) is 18.2 Å². The minimum absolute atomic E-state index is 0.107. The fourth-order valence-corrected chi connectivity index (χ4v) is 1.27. The van der Waals surface area contributed by atoms with Crippen LogP contribution < -0.4 is 0 Å². The van der Waals surface area contributed by atoms with Gasteiger partial charge in [-0.05, 0) is 18.2 Å². The van der Waals surface area contributed by atoms with Crippen LogP contribution in [0.25, 0.3) is 0 Å². The SMILES string of the molecule is O=Cc1ccc(O)c(C(S)S)c1. The first-order chi connectivity index (χ1) is 5.65. The molecule has 2 nitrogen and oxygen atoms in total. The average Bonchev–Trinajstić information content (AvgIpc) is 2.05. The Labute approximate surface area is 81.4 Å². The van der Waals surface area contributed by atoms with E-state index in [-0.39, 0.29) is 10.3 Å². The molecule has 0 aliphatic rings. The molecule has 0 heterocycles. The van der Waals surface area contributed by atoms with Crippen LogP contribution in [0.2, 0.25) is 0 Å². The second-order valence-electron chi connectivity index (χ2n) is 2.31. The van der Waals surface area contributed by atoms with E-state index in [0.29, 0.717) is 17.4 Å². The summed E-state index contributed by atoms with van der Waals surface area (Å²) in [6, 6.07) is 4.56. The number of phenolic OH excluding ortho intramolecular Hbond substituents is 1. The summed E-state index contributed by atoms with van der Waals surface area (Å²) in [7, 11) is 0. The quantitative estimate of drug-likeness (QED) is 0.388. The van der Waals surface area contributed by atoms with E-state index in [1.807, 2.05) is 0 Å². The van der Waals surface area contributed by atoms with E-state index < -0.39 is 0 Å². The van der Waals surface area contributed by atoms with E-state index in [4.69, 9.17) is 0 Å². The third kappa shape index (κ3) is 1.95. The molecule has 0 amide bonds. The molecule has 0 saturated heterocycles. The Hall–Kier alpha value is -0.610. The van der Waals surface area contributed by atoms with Crippen molar-refractivity contribution in [3.8, 4) is 5.75 Å². The summed E-state index contributed by atoms with van der Waals surface area (Å²) in [5.41, 5.74) is 1.06. The molecule has 0 fully saturated rings. The van der Waals surface area contributed by atoms with Gasteiger partial charge in [0.05, 0.1) is 4.58 Å². The fraction of sp³-hybridized carbons (Fsp3) is 0.125. The lowest BCUT2D eigenvalue weighted by atomic mass is 10.1. The van der Waals surface area contributed by atoms with Crippen molar-refractivity contribution in [3.05, 3.63) is 29.3 Å². The predicted octanol–water partition coefficient (Wildman–Crippen LogP) is 2.06. The van der Waals surface area contributed by atoms with Crippen LogP contribution in [0.5, 0.6) is 5.75 Å². The second kappa shape index (κ2) is 3.87. The zero-order valence-corrected chi connectivity index (χ0v) is 7.93. The average molecular weight is 200 g/mol. The molecule has 0 atom stereocenters. The molecule has 12 heavy (non-hydrogen) atoms. The number of rotatable bonds is 2. The summed E-state index contributed by atoms with van der Waals surface area (Å²) in [5, 5.41) is 9.29. The standard InChI is InChI=1S/C8H8O2S2/c9-4-5-1-2-7(10)6(3-5)8(11)12/h1-4,8,10-12H. The van der Waals surface area contributed by atoms with Gasteiger partial charge < -0.3 is 5.11 Å². The van der Waals surface area contributed by atoms with Crippen LogP contribution in [0.4, 0.5) is 0 Å². The molecule has 0 aliphatic heterocycles. The van der Waals surface area contributed by atoms with Gasteiger partial charge in [-0.3, -0.25) is 4.79 Å². The lowest BCUT2D eigenvalue weighted by molar-refractivity contribution is 0.112. The first-order valence-electron chi connectivity index (χ1n) is 3.29. The van der Waals surface area contributed by atoms with Crippen molar-refractivity contribution in [3.63, 3.8) is 0 Å². The summed E-state index contributed by atoms with van der Waals surface area (Å²) in [6.45, 7) is 0. The third-order valence-corrected chi connectivity index (χ3v) is 2.02. The van der Waals surface area contributed by atoms with E-state index in [2.05, 4.69) is 25.3 Å². The summed E-state index contributed by atoms with van der Waals surface area (Å²) in [5.74, 6) is 0.107. The van der Waals surface area contributed by atoms with Gasteiger partial charge in [0, 0.05) is 11.1 Å². The normalized spacial score (nSPS) is 10.2. The minimum atomic E-state index is -0.370. The summed E-state index contributed by atoms with van der Waals surface area (Å²) in [4.78, 5) is 10.4. The highest BCUT2D eigenvalue weighted by Gasteiger charge is 2.07. The zero-order chi connectivity index (χ0) is 9.14. The molecule has 4 heteroatoms. The molecule has 0 bridgehead atoms. The first kappa shape index (κ1) is 9.48. The molecular formula is C8H8O2S2. The van der Waals surface area contributed by atoms with Crippen LogP contribution >= 0.6 is 25.3 Å². The molecule has 0 radical (unpaired) electrons. The molecule has 0 spiro atoms. The first-order valence-corrected chi connectivity index (χ1v) is 4.32. The Morgan fingerprint density at radius 3 is 2.58 bits per heavy atom. The second-order valence-corrected chi connectivity index (χ2v) is 3.75. The maximum atomic E-state index is 10.4. The minimum Gasteiger partial charge on any atom is -0.508 e. The van der Waals surface area contributed by atoms with Crippen LogP contribution in [0.1, 0.15) is 20.5 Å². The molecule has 64 valence electrons. The van der Waals surface area contributed by atoms with Gasteiger partial charge in [0.2, 0.25) is 0 Å². The van der Waals surface area contributed by atoms with Crippen molar-refractivity contribution < 1.29 is 9.90 Å². The number of phenols is 1. The van der Waals surface area contributed by atoms with Crippen molar-refractivity contribution in [1.82, 2.24) is 0 Å². The lowest BCUT2D eigenvalue weighted by Crippen LogP contribution is -1.86. The van der Waals surface area contributed by atoms with Crippen molar-refractivity contribution in [2.24, 2.45) is 0 Å². The molecule has 1 N–H and O–H groups in total. The topological polar surface area (TPSA) is 37.3 Å². The summed E-state index contributed by atoms with van der Waals surface area (Å²) in [6.07, 6.45) is 0.715. The van der Waals surface area contributed by atoms with Gasteiger partial charge in [-0.2, -0.15) is 25.3 Å². The van der Waals surface area contributed by atoms with Crippen LogP contribution in [-0.2, 0) is 0 Å². The molecule has 0 unspecified atom stereocenters. The number of benzene rings is 1. The highest BCUT2D eigenvalue weighted by atomic mass is 32.2. The van der Waals surface area contributed by atoms with Crippen LogP contribution in [0.3, 0.4) is 0 Å².